The molecule has 0 radical (unpaired) electrons. The second-order valence-electron chi connectivity index (χ2n) is 11.9. The molecule has 0 bridgehead atoms. The fraction of sp³-hybridized carbons (Fsp3) is 0.600. The maximum Gasteiger partial charge on any atom is 0.259 e. The number of benzene rings is 1. The summed E-state index contributed by atoms with van der Waals surface area (Å²) in [6.45, 7) is -0.248. The predicted octanol–water partition coefficient (Wildman–Crippen LogP) is 2.18. The van der Waals surface area contributed by atoms with Crippen LogP contribution >= 0.6 is 0 Å². The number of alkyl halides is 1. The number of allylic oxidation sites excluding steroid dienone is 1. The topological polar surface area (TPSA) is 142 Å². The maximum absolute atomic E-state index is 13.8. The van der Waals surface area contributed by atoms with Gasteiger partial charge in [-0.25, -0.2) is 12.8 Å². The summed E-state index contributed by atoms with van der Waals surface area (Å²) in [5, 5.41) is 5.13. The average molecular weight is 603 g/mol. The number of hydrogen-bond acceptors (Lipinski definition) is 6. The van der Waals surface area contributed by atoms with Gasteiger partial charge < -0.3 is 15.5 Å². The van der Waals surface area contributed by atoms with E-state index in [2.05, 4.69) is 15.4 Å². The summed E-state index contributed by atoms with van der Waals surface area (Å²) in [4.78, 5) is 55.1. The molecule has 3 N–H and O–H groups in total. The van der Waals surface area contributed by atoms with E-state index in [0.29, 0.717) is 56.2 Å². The second-order valence-corrected chi connectivity index (χ2v) is 13.9. The summed E-state index contributed by atoms with van der Waals surface area (Å²) in [7, 11) is -3.80. The van der Waals surface area contributed by atoms with Crippen LogP contribution in [-0.2, 0) is 42.3 Å². The molecular weight excluding hydrogens is 563 g/mol. The Bertz CT molecular complexity index is 1350. The summed E-state index contributed by atoms with van der Waals surface area (Å²) >= 11 is 0. The number of rotatable bonds is 7. The highest BCUT2D eigenvalue weighted by Gasteiger charge is 2.61. The molecule has 2 saturated carbocycles. The van der Waals surface area contributed by atoms with Gasteiger partial charge in [-0.1, -0.05) is 49.3 Å². The van der Waals surface area contributed by atoms with Crippen LogP contribution in [0.1, 0.15) is 75.3 Å². The summed E-state index contributed by atoms with van der Waals surface area (Å²) in [5.41, 5.74) is -0.158. The van der Waals surface area contributed by atoms with Crippen molar-refractivity contribution in [3.8, 4) is 0 Å². The van der Waals surface area contributed by atoms with Crippen molar-refractivity contribution in [3.05, 3.63) is 47.5 Å². The summed E-state index contributed by atoms with van der Waals surface area (Å²) in [6, 6.07) is 4.98. The van der Waals surface area contributed by atoms with Gasteiger partial charge in [0.2, 0.25) is 27.7 Å². The molecule has 1 saturated heterocycles. The Hall–Kier alpha value is -3.28. The Kier molecular flexibility index (Phi) is 9.00. The van der Waals surface area contributed by atoms with Crippen molar-refractivity contribution in [2.45, 2.75) is 100 Å². The number of hydrogen-bond donors (Lipinski definition) is 3. The van der Waals surface area contributed by atoms with Gasteiger partial charge in [-0.15, -0.1) is 0 Å². The lowest BCUT2D eigenvalue weighted by Crippen LogP contribution is -2.58. The van der Waals surface area contributed by atoms with Crippen LogP contribution < -0.4 is 15.4 Å². The molecule has 1 unspecified atom stereocenters. The van der Waals surface area contributed by atoms with Crippen molar-refractivity contribution < 1.29 is 32.0 Å². The number of carbonyl (C=O) groups excluding carboxylic acids is 4. The van der Waals surface area contributed by atoms with Crippen molar-refractivity contribution in [2.24, 2.45) is 5.92 Å². The standard InChI is InChI=1S/C30H39FN4O6S/c31-19-21-12-10-20(11-13-21)17-26(36)32-24-8-5-3-1-2-4-7-22-18-30(22,29(39)34-42(40,41)23-14-15-23)33-27(37)25-9-6-16-35(25)28(24)38/h4,7,10-13,22-25H,1-3,5-6,8-9,14-19H2,(H,32,36)(H,33,37)(H,34,39)/b7-4-/t22-,24+,25?,30-/m1/s1. The van der Waals surface area contributed by atoms with Gasteiger partial charge in [-0.3, -0.25) is 23.9 Å². The van der Waals surface area contributed by atoms with Crippen LogP contribution in [0.2, 0.25) is 0 Å². The van der Waals surface area contributed by atoms with E-state index in [-0.39, 0.29) is 30.6 Å². The van der Waals surface area contributed by atoms with Crippen molar-refractivity contribution in [1.29, 1.82) is 0 Å². The smallest absolute Gasteiger partial charge is 0.259 e. The molecular formula is C30H39FN4O6S. The first kappa shape index (κ1) is 30.2. The zero-order valence-electron chi connectivity index (χ0n) is 23.6. The van der Waals surface area contributed by atoms with E-state index < -0.39 is 51.4 Å². The molecule has 3 fully saturated rings. The van der Waals surface area contributed by atoms with E-state index in [1.54, 1.807) is 24.3 Å². The first-order valence-electron chi connectivity index (χ1n) is 14.9. The number of carbonyl (C=O) groups is 4. The molecule has 10 nitrogen and oxygen atoms in total. The van der Waals surface area contributed by atoms with E-state index in [1.165, 1.54) is 4.90 Å². The zero-order valence-corrected chi connectivity index (χ0v) is 24.5. The molecule has 4 amide bonds. The van der Waals surface area contributed by atoms with Gasteiger partial charge in [0.05, 0.1) is 11.7 Å². The SMILES string of the molecule is O=C(Cc1ccc(CF)cc1)N[C@H]1CCCCC/C=C\[C@@H]2C[C@@]2(C(=O)NS(=O)(=O)C2CC2)NC(=O)C2CCCN2C1=O. The fourth-order valence-electron chi connectivity index (χ4n) is 5.95. The average Bonchev–Trinajstić information content (AvgIpc) is 3.88. The van der Waals surface area contributed by atoms with Crippen LogP contribution in [0.3, 0.4) is 0 Å². The van der Waals surface area contributed by atoms with E-state index in [1.807, 2.05) is 12.2 Å². The van der Waals surface area contributed by atoms with Crippen LogP contribution in [0.15, 0.2) is 36.4 Å². The summed E-state index contributed by atoms with van der Waals surface area (Å²) in [6.07, 6.45) is 9.69. The van der Waals surface area contributed by atoms with Crippen molar-refractivity contribution >= 4 is 33.7 Å². The van der Waals surface area contributed by atoms with Gasteiger partial charge in [0.15, 0.2) is 0 Å². The molecule has 2 heterocycles. The highest BCUT2D eigenvalue weighted by molar-refractivity contribution is 7.91. The minimum absolute atomic E-state index is 0.0356. The number of fused-ring (bicyclic) bond motifs is 2. The molecule has 0 spiro atoms. The maximum atomic E-state index is 13.8. The molecule has 2 aliphatic heterocycles. The summed E-state index contributed by atoms with van der Waals surface area (Å²) < 4.78 is 40.1. The zero-order chi connectivity index (χ0) is 29.9. The van der Waals surface area contributed by atoms with Crippen LogP contribution in [0, 0.1) is 5.92 Å². The number of amides is 4. The van der Waals surface area contributed by atoms with Gasteiger partial charge in [-0.05, 0) is 62.5 Å². The molecule has 1 aromatic carbocycles. The van der Waals surface area contributed by atoms with Crippen molar-refractivity contribution in [2.75, 3.05) is 6.54 Å². The minimum Gasteiger partial charge on any atom is -0.344 e. The van der Waals surface area contributed by atoms with Gasteiger partial charge in [-0.2, -0.15) is 0 Å². The van der Waals surface area contributed by atoms with E-state index in [4.69, 9.17) is 0 Å². The third-order valence-corrected chi connectivity index (χ3v) is 10.5. The number of halogens is 1. The highest BCUT2D eigenvalue weighted by atomic mass is 32.2. The van der Waals surface area contributed by atoms with Crippen LogP contribution in [-0.4, -0.2) is 66.4 Å². The second kappa shape index (κ2) is 12.5. The minimum atomic E-state index is -3.80. The molecule has 228 valence electrons. The normalized spacial score (nSPS) is 29.3. The Balaban J connectivity index is 1.31. The van der Waals surface area contributed by atoms with Crippen LogP contribution in [0.25, 0.3) is 0 Å². The van der Waals surface area contributed by atoms with Crippen LogP contribution in [0.5, 0.6) is 0 Å². The Labute approximate surface area is 245 Å². The molecule has 12 heteroatoms. The third-order valence-electron chi connectivity index (χ3n) is 8.71. The molecule has 4 aliphatic rings. The molecule has 4 atom stereocenters. The first-order chi connectivity index (χ1) is 20.1. The molecule has 2 aliphatic carbocycles. The number of sulfonamides is 1. The lowest BCUT2D eigenvalue weighted by Gasteiger charge is -2.30. The predicted molar refractivity (Wildman–Crippen MR) is 153 cm³/mol. The Morgan fingerprint density at radius 3 is 2.45 bits per heavy atom. The van der Waals surface area contributed by atoms with Gasteiger partial charge >= 0.3 is 0 Å². The van der Waals surface area contributed by atoms with Gasteiger partial charge in [0.1, 0.15) is 24.3 Å². The van der Waals surface area contributed by atoms with Crippen molar-refractivity contribution in [3.63, 3.8) is 0 Å². The van der Waals surface area contributed by atoms with Crippen molar-refractivity contribution in [1.82, 2.24) is 20.3 Å². The molecule has 5 rings (SSSR count). The van der Waals surface area contributed by atoms with E-state index in [0.717, 1.165) is 19.3 Å². The Morgan fingerprint density at radius 1 is 1.00 bits per heavy atom. The number of nitrogens with zero attached hydrogens (tertiary/aromatic N) is 1. The largest absolute Gasteiger partial charge is 0.344 e. The number of nitrogens with one attached hydrogen (secondary N) is 3. The first-order valence-corrected chi connectivity index (χ1v) is 16.5. The lowest BCUT2D eigenvalue weighted by atomic mass is 10.0. The fourth-order valence-corrected chi connectivity index (χ4v) is 7.32. The third kappa shape index (κ3) is 6.85. The van der Waals surface area contributed by atoms with E-state index in [9.17, 15) is 32.0 Å². The van der Waals surface area contributed by atoms with Crippen LogP contribution in [0.4, 0.5) is 4.39 Å². The lowest BCUT2D eigenvalue weighted by molar-refractivity contribution is -0.142. The molecule has 42 heavy (non-hydrogen) atoms. The highest BCUT2D eigenvalue weighted by Crippen LogP contribution is 2.46. The van der Waals surface area contributed by atoms with Gasteiger partial charge in [0, 0.05) is 12.5 Å². The quantitative estimate of drug-likeness (QED) is 0.409. The van der Waals surface area contributed by atoms with E-state index >= 15 is 0 Å². The summed E-state index contributed by atoms with van der Waals surface area (Å²) in [5.74, 6) is -2.25. The molecule has 1 aromatic rings. The van der Waals surface area contributed by atoms with Gasteiger partial charge in [0.25, 0.3) is 5.91 Å². The monoisotopic (exact) mass is 602 g/mol. The Morgan fingerprint density at radius 2 is 1.74 bits per heavy atom. The molecule has 0 aromatic heterocycles.